The first-order valence-corrected chi connectivity index (χ1v) is 6.91. The van der Waals surface area contributed by atoms with E-state index in [-0.39, 0.29) is 12.4 Å². The molecule has 0 rings (SSSR count). The lowest BCUT2D eigenvalue weighted by molar-refractivity contribution is 0.147. The standard InChI is InChI=1S/C8H18ClNO4S/c1-13-7-8-15(11,12)10-4-2-5-14-6-3-9/h10H,2-8H2,1H3. The summed E-state index contributed by atoms with van der Waals surface area (Å²) in [4.78, 5) is 0. The second-order valence-electron chi connectivity index (χ2n) is 2.86. The highest BCUT2D eigenvalue weighted by Gasteiger charge is 2.07. The van der Waals surface area contributed by atoms with E-state index in [4.69, 9.17) is 16.3 Å². The Kier molecular flexibility index (Phi) is 9.43. The van der Waals surface area contributed by atoms with Crippen LogP contribution in [-0.2, 0) is 19.5 Å². The molecule has 0 aromatic rings. The van der Waals surface area contributed by atoms with E-state index < -0.39 is 10.0 Å². The fraction of sp³-hybridized carbons (Fsp3) is 1.00. The van der Waals surface area contributed by atoms with Gasteiger partial charge in [0, 0.05) is 26.1 Å². The predicted molar refractivity (Wildman–Crippen MR) is 59.8 cm³/mol. The van der Waals surface area contributed by atoms with Gasteiger partial charge >= 0.3 is 0 Å². The summed E-state index contributed by atoms with van der Waals surface area (Å²) in [5, 5.41) is 0. The van der Waals surface area contributed by atoms with Crippen LogP contribution in [0.1, 0.15) is 6.42 Å². The van der Waals surface area contributed by atoms with Gasteiger partial charge < -0.3 is 9.47 Å². The number of nitrogens with one attached hydrogen (secondary N) is 1. The summed E-state index contributed by atoms with van der Waals surface area (Å²) in [6, 6.07) is 0. The molecule has 15 heavy (non-hydrogen) atoms. The number of methoxy groups -OCH3 is 1. The Balaban J connectivity index is 3.41. The van der Waals surface area contributed by atoms with E-state index in [1.54, 1.807) is 0 Å². The molecule has 0 unspecified atom stereocenters. The van der Waals surface area contributed by atoms with Crippen LogP contribution in [0.3, 0.4) is 0 Å². The lowest BCUT2D eigenvalue weighted by atomic mass is 10.5. The number of halogens is 1. The van der Waals surface area contributed by atoms with Crippen molar-refractivity contribution in [3.05, 3.63) is 0 Å². The fourth-order valence-electron chi connectivity index (χ4n) is 0.824. The predicted octanol–water partition coefficient (Wildman–Crippen LogP) is 0.198. The Morgan fingerprint density at radius 3 is 2.60 bits per heavy atom. The molecule has 0 fully saturated rings. The van der Waals surface area contributed by atoms with Crippen molar-refractivity contribution in [3.8, 4) is 0 Å². The van der Waals surface area contributed by atoms with Crippen LogP contribution < -0.4 is 4.72 Å². The SMILES string of the molecule is COCCS(=O)(=O)NCCCOCCCl. The third kappa shape index (κ3) is 10.4. The average molecular weight is 260 g/mol. The number of hydrogen-bond donors (Lipinski definition) is 1. The molecule has 0 heterocycles. The van der Waals surface area contributed by atoms with Gasteiger partial charge in [-0.1, -0.05) is 0 Å². The zero-order valence-electron chi connectivity index (χ0n) is 8.87. The van der Waals surface area contributed by atoms with Crippen LogP contribution in [0.2, 0.25) is 0 Å². The van der Waals surface area contributed by atoms with Gasteiger partial charge in [0.15, 0.2) is 0 Å². The zero-order chi connectivity index (χ0) is 11.6. The fourth-order valence-corrected chi connectivity index (χ4v) is 1.92. The van der Waals surface area contributed by atoms with Crippen molar-refractivity contribution in [2.75, 3.05) is 45.1 Å². The molecule has 0 aliphatic carbocycles. The average Bonchev–Trinajstić information content (AvgIpc) is 2.20. The van der Waals surface area contributed by atoms with Gasteiger partial charge in [0.25, 0.3) is 0 Å². The highest BCUT2D eigenvalue weighted by atomic mass is 35.5. The van der Waals surface area contributed by atoms with E-state index in [1.807, 2.05) is 0 Å². The smallest absolute Gasteiger partial charge is 0.213 e. The van der Waals surface area contributed by atoms with Gasteiger partial charge in [-0.2, -0.15) is 0 Å². The first-order chi connectivity index (χ1) is 7.12. The Morgan fingerprint density at radius 1 is 1.27 bits per heavy atom. The van der Waals surface area contributed by atoms with Crippen molar-refractivity contribution in [1.82, 2.24) is 4.72 Å². The molecule has 0 aromatic carbocycles. The normalized spacial score (nSPS) is 11.9. The Labute approximate surface area is 96.1 Å². The molecule has 0 spiro atoms. The van der Waals surface area contributed by atoms with E-state index in [9.17, 15) is 8.42 Å². The number of alkyl halides is 1. The minimum absolute atomic E-state index is 0.00790. The molecule has 1 N–H and O–H groups in total. The van der Waals surface area contributed by atoms with Crippen molar-refractivity contribution in [1.29, 1.82) is 0 Å². The van der Waals surface area contributed by atoms with Gasteiger partial charge in [-0.05, 0) is 6.42 Å². The summed E-state index contributed by atoms with van der Waals surface area (Å²) in [6.07, 6.45) is 0.642. The van der Waals surface area contributed by atoms with Crippen LogP contribution in [0.15, 0.2) is 0 Å². The van der Waals surface area contributed by atoms with Crippen LogP contribution in [0.5, 0.6) is 0 Å². The Bertz CT molecular complexity index is 233. The van der Waals surface area contributed by atoms with Gasteiger partial charge in [0.05, 0.1) is 19.0 Å². The van der Waals surface area contributed by atoms with Crippen molar-refractivity contribution in [2.24, 2.45) is 0 Å². The van der Waals surface area contributed by atoms with Crippen molar-refractivity contribution < 1.29 is 17.9 Å². The van der Waals surface area contributed by atoms with E-state index in [0.717, 1.165) is 0 Å². The monoisotopic (exact) mass is 259 g/mol. The minimum Gasteiger partial charge on any atom is -0.384 e. The number of ether oxygens (including phenoxy) is 2. The maximum absolute atomic E-state index is 11.2. The maximum atomic E-state index is 11.2. The number of hydrogen-bond acceptors (Lipinski definition) is 4. The van der Waals surface area contributed by atoms with E-state index >= 15 is 0 Å². The van der Waals surface area contributed by atoms with Crippen molar-refractivity contribution >= 4 is 21.6 Å². The highest BCUT2D eigenvalue weighted by Crippen LogP contribution is 1.87. The third-order valence-electron chi connectivity index (χ3n) is 1.57. The zero-order valence-corrected chi connectivity index (χ0v) is 10.4. The van der Waals surface area contributed by atoms with Crippen LogP contribution in [0.4, 0.5) is 0 Å². The first-order valence-electron chi connectivity index (χ1n) is 4.72. The summed E-state index contributed by atoms with van der Waals surface area (Å²) in [6.45, 7) is 1.60. The molecule has 0 atom stereocenters. The van der Waals surface area contributed by atoms with Crippen LogP contribution in [0.25, 0.3) is 0 Å². The number of sulfonamides is 1. The van der Waals surface area contributed by atoms with Crippen LogP contribution in [-0.4, -0.2) is 53.5 Å². The van der Waals surface area contributed by atoms with E-state index in [0.29, 0.717) is 32.1 Å². The summed E-state index contributed by atoms with van der Waals surface area (Å²) in [7, 11) is -1.73. The molecule has 0 aliphatic rings. The minimum atomic E-state index is -3.19. The molecular weight excluding hydrogens is 242 g/mol. The van der Waals surface area contributed by atoms with Gasteiger partial charge in [-0.3, -0.25) is 0 Å². The summed E-state index contributed by atoms with van der Waals surface area (Å²) < 4.78 is 34.7. The number of rotatable bonds is 10. The molecule has 0 saturated heterocycles. The Morgan fingerprint density at radius 2 is 2.00 bits per heavy atom. The van der Waals surface area contributed by atoms with E-state index in [1.165, 1.54) is 7.11 Å². The molecule has 0 aliphatic heterocycles. The summed E-state index contributed by atoms with van der Waals surface area (Å²) >= 11 is 5.39. The molecular formula is C8H18ClNO4S. The van der Waals surface area contributed by atoms with E-state index in [2.05, 4.69) is 9.46 Å². The molecule has 92 valence electrons. The van der Waals surface area contributed by atoms with Crippen LogP contribution in [0, 0.1) is 0 Å². The summed E-state index contributed by atoms with van der Waals surface area (Å²) in [5.41, 5.74) is 0. The van der Waals surface area contributed by atoms with Gasteiger partial charge in [-0.25, -0.2) is 13.1 Å². The summed E-state index contributed by atoms with van der Waals surface area (Å²) in [5.74, 6) is 0.450. The highest BCUT2D eigenvalue weighted by molar-refractivity contribution is 7.89. The third-order valence-corrected chi connectivity index (χ3v) is 3.07. The quantitative estimate of drug-likeness (QED) is 0.450. The lowest BCUT2D eigenvalue weighted by Crippen LogP contribution is -2.29. The molecule has 0 radical (unpaired) electrons. The topological polar surface area (TPSA) is 64.6 Å². The van der Waals surface area contributed by atoms with Gasteiger partial charge in [0.2, 0.25) is 10.0 Å². The van der Waals surface area contributed by atoms with Gasteiger partial charge in [-0.15, -0.1) is 11.6 Å². The molecule has 7 heteroatoms. The van der Waals surface area contributed by atoms with Crippen molar-refractivity contribution in [3.63, 3.8) is 0 Å². The first kappa shape index (κ1) is 15.1. The molecule has 0 saturated carbocycles. The molecule has 0 amide bonds. The molecule has 5 nitrogen and oxygen atoms in total. The Hall–Kier alpha value is 0.120. The second-order valence-corrected chi connectivity index (χ2v) is 5.17. The molecule has 0 aromatic heterocycles. The second kappa shape index (κ2) is 9.35. The van der Waals surface area contributed by atoms with Crippen molar-refractivity contribution in [2.45, 2.75) is 6.42 Å². The maximum Gasteiger partial charge on any atom is 0.213 e. The lowest BCUT2D eigenvalue weighted by Gasteiger charge is -2.06. The molecule has 0 bridgehead atoms. The van der Waals surface area contributed by atoms with Gasteiger partial charge in [0.1, 0.15) is 0 Å². The van der Waals surface area contributed by atoms with Crippen LogP contribution >= 0.6 is 11.6 Å². The largest absolute Gasteiger partial charge is 0.384 e.